The van der Waals surface area contributed by atoms with Crippen molar-refractivity contribution < 1.29 is 18.8 Å². The molecule has 1 aliphatic heterocycles. The number of carbonyl (C=O) groups is 1. The first-order valence-electron chi connectivity index (χ1n) is 9.62. The highest BCUT2D eigenvalue weighted by Gasteiger charge is 2.32. The minimum Gasteiger partial charge on any atom is -0.497 e. The summed E-state index contributed by atoms with van der Waals surface area (Å²) in [5, 5.41) is 6.91. The van der Waals surface area contributed by atoms with Crippen molar-refractivity contribution in [3.05, 3.63) is 35.5 Å². The molecule has 1 fully saturated rings. The summed E-state index contributed by atoms with van der Waals surface area (Å²) < 4.78 is 16.1. The van der Waals surface area contributed by atoms with Crippen LogP contribution >= 0.6 is 0 Å². The Morgan fingerprint density at radius 2 is 2.18 bits per heavy atom. The molecule has 2 amide bonds. The molecule has 3 rings (SSSR count). The highest BCUT2D eigenvalue weighted by molar-refractivity contribution is 5.75. The SMILES string of the molecule is COc1ccc(OC)c(C2CCCN2C(=O)NCCc2nc(C(C)C)no2)c1. The average Bonchev–Trinajstić information content (AvgIpc) is 3.37. The van der Waals surface area contributed by atoms with Gasteiger partial charge in [-0.2, -0.15) is 4.98 Å². The molecule has 0 bridgehead atoms. The molecule has 8 nitrogen and oxygen atoms in total. The molecule has 0 radical (unpaired) electrons. The second-order valence-electron chi connectivity index (χ2n) is 7.14. The number of methoxy groups -OCH3 is 2. The van der Waals surface area contributed by atoms with Crippen LogP contribution in [0.25, 0.3) is 0 Å². The van der Waals surface area contributed by atoms with Gasteiger partial charge < -0.3 is 24.2 Å². The summed E-state index contributed by atoms with van der Waals surface area (Å²) in [6, 6.07) is 5.54. The van der Waals surface area contributed by atoms with E-state index in [1.165, 1.54) is 0 Å². The Labute approximate surface area is 165 Å². The number of hydrogen-bond acceptors (Lipinski definition) is 6. The summed E-state index contributed by atoms with van der Waals surface area (Å²) >= 11 is 0. The predicted molar refractivity (Wildman–Crippen MR) is 104 cm³/mol. The number of benzene rings is 1. The van der Waals surface area contributed by atoms with Gasteiger partial charge in [-0.15, -0.1) is 0 Å². The molecule has 1 aromatic heterocycles. The predicted octanol–water partition coefficient (Wildman–Crippen LogP) is 3.30. The molecule has 1 aliphatic rings. The van der Waals surface area contributed by atoms with Crippen molar-refractivity contribution in [3.8, 4) is 11.5 Å². The highest BCUT2D eigenvalue weighted by Crippen LogP contribution is 2.38. The summed E-state index contributed by atoms with van der Waals surface area (Å²) in [4.78, 5) is 19.0. The van der Waals surface area contributed by atoms with Crippen LogP contribution < -0.4 is 14.8 Å². The molecule has 1 saturated heterocycles. The van der Waals surface area contributed by atoms with Gasteiger partial charge in [0, 0.05) is 31.0 Å². The van der Waals surface area contributed by atoms with E-state index >= 15 is 0 Å². The Kier molecular flexibility index (Phi) is 6.38. The highest BCUT2D eigenvalue weighted by atomic mass is 16.5. The van der Waals surface area contributed by atoms with Crippen LogP contribution in [0, 0.1) is 0 Å². The lowest BCUT2D eigenvalue weighted by Gasteiger charge is -2.26. The Hall–Kier alpha value is -2.77. The molecule has 2 heterocycles. The molecular weight excluding hydrogens is 360 g/mol. The van der Waals surface area contributed by atoms with Gasteiger partial charge in [-0.3, -0.25) is 0 Å². The Balaban J connectivity index is 1.63. The summed E-state index contributed by atoms with van der Waals surface area (Å²) in [7, 11) is 3.27. The fourth-order valence-electron chi connectivity index (χ4n) is 3.41. The van der Waals surface area contributed by atoms with Crippen molar-refractivity contribution in [3.63, 3.8) is 0 Å². The van der Waals surface area contributed by atoms with E-state index < -0.39 is 0 Å². The van der Waals surface area contributed by atoms with E-state index in [0.717, 1.165) is 29.9 Å². The monoisotopic (exact) mass is 388 g/mol. The summed E-state index contributed by atoms with van der Waals surface area (Å²) in [5.41, 5.74) is 0.966. The van der Waals surface area contributed by atoms with E-state index in [2.05, 4.69) is 15.5 Å². The maximum atomic E-state index is 12.8. The standard InChI is InChI=1S/C20H28N4O4/c1-13(2)19-22-18(28-23-19)9-10-21-20(25)24-11-5-6-16(24)15-12-14(26-3)7-8-17(15)27-4/h7-8,12-13,16H,5-6,9-11H2,1-4H3,(H,21,25). The summed E-state index contributed by atoms with van der Waals surface area (Å²) in [6.45, 7) is 5.17. The van der Waals surface area contributed by atoms with Crippen molar-refractivity contribution in [2.75, 3.05) is 27.3 Å². The van der Waals surface area contributed by atoms with Crippen molar-refractivity contribution >= 4 is 6.03 Å². The maximum Gasteiger partial charge on any atom is 0.317 e. The molecule has 1 atom stereocenters. The molecule has 8 heteroatoms. The number of hydrogen-bond donors (Lipinski definition) is 1. The van der Waals surface area contributed by atoms with Crippen LogP contribution in [0.15, 0.2) is 22.7 Å². The lowest BCUT2D eigenvalue weighted by Crippen LogP contribution is -2.40. The lowest BCUT2D eigenvalue weighted by atomic mass is 10.0. The zero-order valence-electron chi connectivity index (χ0n) is 16.9. The van der Waals surface area contributed by atoms with E-state index in [1.807, 2.05) is 36.9 Å². The molecule has 152 valence electrons. The number of nitrogens with zero attached hydrogens (tertiary/aromatic N) is 3. The molecule has 28 heavy (non-hydrogen) atoms. The van der Waals surface area contributed by atoms with Crippen molar-refractivity contribution in [1.29, 1.82) is 0 Å². The molecule has 1 aromatic carbocycles. The Morgan fingerprint density at radius 3 is 2.86 bits per heavy atom. The first-order chi connectivity index (χ1) is 13.5. The first kappa shape index (κ1) is 20.0. The fraction of sp³-hybridized carbons (Fsp3) is 0.550. The third kappa shape index (κ3) is 4.37. The van der Waals surface area contributed by atoms with Gasteiger partial charge in [0.05, 0.1) is 20.3 Å². The largest absolute Gasteiger partial charge is 0.497 e. The second kappa shape index (κ2) is 8.95. The van der Waals surface area contributed by atoms with Crippen LogP contribution in [-0.4, -0.2) is 48.4 Å². The maximum absolute atomic E-state index is 12.8. The molecule has 0 saturated carbocycles. The molecular formula is C20H28N4O4. The van der Waals surface area contributed by atoms with Crippen LogP contribution in [0.2, 0.25) is 0 Å². The van der Waals surface area contributed by atoms with E-state index in [0.29, 0.717) is 31.2 Å². The third-order valence-electron chi connectivity index (χ3n) is 4.92. The smallest absolute Gasteiger partial charge is 0.317 e. The van der Waals surface area contributed by atoms with Gasteiger partial charge in [0.15, 0.2) is 5.82 Å². The van der Waals surface area contributed by atoms with Gasteiger partial charge in [-0.05, 0) is 31.0 Å². The number of urea groups is 1. The number of nitrogens with one attached hydrogen (secondary N) is 1. The molecule has 2 aromatic rings. The van der Waals surface area contributed by atoms with E-state index in [1.54, 1.807) is 14.2 Å². The normalized spacial score (nSPS) is 16.5. The second-order valence-corrected chi connectivity index (χ2v) is 7.14. The van der Waals surface area contributed by atoms with Gasteiger partial charge in [-0.1, -0.05) is 19.0 Å². The van der Waals surface area contributed by atoms with Crippen LogP contribution in [0.3, 0.4) is 0 Å². The number of likely N-dealkylation sites (tertiary alicyclic amines) is 1. The number of carbonyl (C=O) groups excluding carboxylic acids is 1. The lowest BCUT2D eigenvalue weighted by molar-refractivity contribution is 0.192. The number of ether oxygens (including phenoxy) is 2. The minimum absolute atomic E-state index is 0.0407. The number of aromatic nitrogens is 2. The fourth-order valence-corrected chi connectivity index (χ4v) is 3.41. The number of amides is 2. The topological polar surface area (TPSA) is 89.7 Å². The van der Waals surface area contributed by atoms with Crippen LogP contribution in [-0.2, 0) is 6.42 Å². The van der Waals surface area contributed by atoms with Gasteiger partial charge >= 0.3 is 6.03 Å². The van der Waals surface area contributed by atoms with Crippen LogP contribution in [0.1, 0.15) is 55.9 Å². The van der Waals surface area contributed by atoms with E-state index in [9.17, 15) is 4.79 Å². The summed E-state index contributed by atoms with van der Waals surface area (Å²) in [6.07, 6.45) is 2.34. The molecule has 0 spiro atoms. The van der Waals surface area contributed by atoms with E-state index in [4.69, 9.17) is 14.0 Å². The van der Waals surface area contributed by atoms with Crippen molar-refractivity contribution in [2.45, 2.75) is 45.1 Å². The van der Waals surface area contributed by atoms with Gasteiger partial charge in [0.25, 0.3) is 0 Å². The average molecular weight is 388 g/mol. The van der Waals surface area contributed by atoms with E-state index in [-0.39, 0.29) is 18.0 Å². The number of rotatable bonds is 7. The molecule has 0 aliphatic carbocycles. The third-order valence-corrected chi connectivity index (χ3v) is 4.92. The zero-order chi connectivity index (χ0) is 20.1. The first-order valence-corrected chi connectivity index (χ1v) is 9.62. The Morgan fingerprint density at radius 1 is 1.36 bits per heavy atom. The zero-order valence-corrected chi connectivity index (χ0v) is 16.9. The van der Waals surface area contributed by atoms with Gasteiger partial charge in [0.2, 0.25) is 5.89 Å². The van der Waals surface area contributed by atoms with Crippen molar-refractivity contribution in [2.24, 2.45) is 0 Å². The minimum atomic E-state index is -0.101. The van der Waals surface area contributed by atoms with Crippen LogP contribution in [0.4, 0.5) is 4.79 Å². The van der Waals surface area contributed by atoms with Crippen LogP contribution in [0.5, 0.6) is 11.5 Å². The Bertz CT molecular complexity index is 805. The summed E-state index contributed by atoms with van der Waals surface area (Å²) in [5.74, 6) is 2.95. The quantitative estimate of drug-likeness (QED) is 0.783. The van der Waals surface area contributed by atoms with Gasteiger partial charge in [0.1, 0.15) is 11.5 Å². The van der Waals surface area contributed by atoms with Crippen molar-refractivity contribution in [1.82, 2.24) is 20.4 Å². The molecule has 1 unspecified atom stereocenters. The molecule has 1 N–H and O–H groups in total. The van der Waals surface area contributed by atoms with Gasteiger partial charge in [-0.25, -0.2) is 4.79 Å².